The molecule has 1 aliphatic heterocycles. The summed E-state index contributed by atoms with van der Waals surface area (Å²) in [7, 11) is 0. The first-order valence-electron chi connectivity index (χ1n) is 5.90. The van der Waals surface area contributed by atoms with Gasteiger partial charge in [-0.2, -0.15) is 0 Å². The molecule has 0 aromatic carbocycles. The van der Waals surface area contributed by atoms with E-state index in [-0.39, 0.29) is 18.4 Å². The van der Waals surface area contributed by atoms with Gasteiger partial charge in [0, 0.05) is 13.0 Å². The van der Waals surface area contributed by atoms with Crippen LogP contribution in [-0.2, 0) is 21.7 Å². The van der Waals surface area contributed by atoms with Gasteiger partial charge in [-0.1, -0.05) is 5.21 Å². The zero-order valence-electron chi connectivity index (χ0n) is 10.6. The molecule has 2 amide bonds. The van der Waals surface area contributed by atoms with Crippen LogP contribution in [0.15, 0.2) is 6.20 Å². The van der Waals surface area contributed by atoms with Crippen molar-refractivity contribution in [2.45, 2.75) is 38.8 Å². The molecule has 0 bridgehead atoms. The molecular formula is C11H17N5O2. The van der Waals surface area contributed by atoms with Crippen LogP contribution in [0.3, 0.4) is 0 Å². The number of imide groups is 1. The Labute approximate surface area is 105 Å². The summed E-state index contributed by atoms with van der Waals surface area (Å²) >= 11 is 0. The van der Waals surface area contributed by atoms with Crippen LogP contribution in [0.1, 0.15) is 32.4 Å². The highest BCUT2D eigenvalue weighted by Gasteiger charge is 2.27. The number of hydrogen-bond acceptors (Lipinski definition) is 5. The van der Waals surface area contributed by atoms with E-state index in [0.717, 1.165) is 6.42 Å². The normalized spacial score (nSPS) is 16.4. The van der Waals surface area contributed by atoms with Gasteiger partial charge in [0.25, 0.3) is 5.91 Å². The Morgan fingerprint density at radius 3 is 2.78 bits per heavy atom. The Morgan fingerprint density at radius 1 is 1.56 bits per heavy atom. The van der Waals surface area contributed by atoms with Gasteiger partial charge in [0.1, 0.15) is 12.2 Å². The Hall–Kier alpha value is -1.76. The standard InChI is InChI=1S/C11H17N5O2/c1-11(2,12)8-6-15(14-13-8)7-10(18)16-5-3-4-9(16)17/h6H,3-5,7,12H2,1-2H3. The molecule has 1 fully saturated rings. The number of amides is 2. The number of rotatable bonds is 3. The number of carbonyl (C=O) groups excluding carboxylic acids is 2. The maximum atomic E-state index is 11.9. The van der Waals surface area contributed by atoms with E-state index in [4.69, 9.17) is 5.73 Å². The van der Waals surface area contributed by atoms with E-state index in [9.17, 15) is 9.59 Å². The predicted octanol–water partition coefficient (Wildman–Crippen LogP) is -0.379. The quantitative estimate of drug-likeness (QED) is 0.790. The molecule has 1 aliphatic rings. The molecule has 2 N–H and O–H groups in total. The van der Waals surface area contributed by atoms with Crippen LogP contribution in [0.25, 0.3) is 0 Å². The van der Waals surface area contributed by atoms with Crippen molar-refractivity contribution < 1.29 is 9.59 Å². The van der Waals surface area contributed by atoms with Crippen LogP contribution in [0.5, 0.6) is 0 Å². The monoisotopic (exact) mass is 251 g/mol. The van der Waals surface area contributed by atoms with Crippen molar-refractivity contribution >= 4 is 11.8 Å². The van der Waals surface area contributed by atoms with Gasteiger partial charge in [-0.05, 0) is 20.3 Å². The molecule has 0 spiro atoms. The van der Waals surface area contributed by atoms with Crippen molar-refractivity contribution in [2.75, 3.05) is 6.54 Å². The minimum Gasteiger partial charge on any atom is -0.320 e. The molecule has 0 atom stereocenters. The topological polar surface area (TPSA) is 94.1 Å². The van der Waals surface area contributed by atoms with Gasteiger partial charge >= 0.3 is 0 Å². The summed E-state index contributed by atoms with van der Waals surface area (Å²) in [6.45, 7) is 4.15. The lowest BCUT2D eigenvalue weighted by Crippen LogP contribution is -2.34. The van der Waals surface area contributed by atoms with Crippen LogP contribution < -0.4 is 5.73 Å². The molecule has 2 rings (SSSR count). The zero-order valence-corrected chi connectivity index (χ0v) is 10.6. The van der Waals surface area contributed by atoms with Crippen molar-refractivity contribution in [2.24, 2.45) is 5.73 Å². The van der Waals surface area contributed by atoms with Crippen LogP contribution in [0.2, 0.25) is 0 Å². The third kappa shape index (κ3) is 2.56. The molecule has 18 heavy (non-hydrogen) atoms. The summed E-state index contributed by atoms with van der Waals surface area (Å²) in [5.41, 5.74) is 5.90. The molecular weight excluding hydrogens is 234 g/mol. The first kappa shape index (κ1) is 12.7. The van der Waals surface area contributed by atoms with Crippen LogP contribution in [0, 0.1) is 0 Å². The van der Waals surface area contributed by atoms with E-state index in [1.165, 1.54) is 9.58 Å². The fourth-order valence-corrected chi connectivity index (χ4v) is 1.81. The first-order chi connectivity index (χ1) is 8.38. The fourth-order valence-electron chi connectivity index (χ4n) is 1.81. The zero-order chi connectivity index (χ0) is 13.3. The van der Waals surface area contributed by atoms with Gasteiger partial charge in [-0.15, -0.1) is 5.10 Å². The van der Waals surface area contributed by atoms with Gasteiger partial charge in [-0.25, -0.2) is 4.68 Å². The number of nitrogens with zero attached hydrogens (tertiary/aromatic N) is 4. The van der Waals surface area contributed by atoms with E-state index in [0.29, 0.717) is 18.7 Å². The number of nitrogens with two attached hydrogens (primary N) is 1. The number of carbonyl (C=O) groups is 2. The molecule has 7 nitrogen and oxygen atoms in total. The van der Waals surface area contributed by atoms with Crippen LogP contribution in [0.4, 0.5) is 0 Å². The molecule has 2 heterocycles. The summed E-state index contributed by atoms with van der Waals surface area (Å²) < 4.78 is 1.41. The Balaban J connectivity index is 2.03. The average Bonchev–Trinajstić information content (AvgIpc) is 2.85. The van der Waals surface area contributed by atoms with Gasteiger partial charge in [-0.3, -0.25) is 14.5 Å². The number of hydrogen-bond donors (Lipinski definition) is 1. The SMILES string of the molecule is CC(C)(N)c1cn(CC(=O)N2CCCC2=O)nn1. The molecule has 0 saturated carbocycles. The summed E-state index contributed by atoms with van der Waals surface area (Å²) in [4.78, 5) is 24.6. The largest absolute Gasteiger partial charge is 0.320 e. The Morgan fingerprint density at radius 2 is 2.28 bits per heavy atom. The average molecular weight is 251 g/mol. The third-order valence-electron chi connectivity index (χ3n) is 2.87. The molecule has 0 radical (unpaired) electrons. The summed E-state index contributed by atoms with van der Waals surface area (Å²) in [5.74, 6) is -0.358. The van der Waals surface area contributed by atoms with Crippen molar-refractivity contribution in [1.82, 2.24) is 19.9 Å². The van der Waals surface area contributed by atoms with Crippen molar-refractivity contribution in [3.8, 4) is 0 Å². The second-order valence-corrected chi connectivity index (χ2v) is 5.07. The lowest BCUT2D eigenvalue weighted by atomic mass is 10.0. The van der Waals surface area contributed by atoms with Crippen LogP contribution >= 0.6 is 0 Å². The van der Waals surface area contributed by atoms with Crippen molar-refractivity contribution in [3.05, 3.63) is 11.9 Å². The molecule has 1 saturated heterocycles. The fraction of sp³-hybridized carbons (Fsp3) is 0.636. The van der Waals surface area contributed by atoms with Gasteiger partial charge in [0.05, 0.1) is 11.7 Å². The number of likely N-dealkylation sites (tertiary alicyclic amines) is 1. The minimum absolute atomic E-state index is 0.0226. The van der Waals surface area contributed by atoms with Gasteiger partial charge in [0.15, 0.2) is 0 Å². The lowest BCUT2D eigenvalue weighted by Gasteiger charge is -2.14. The highest BCUT2D eigenvalue weighted by molar-refractivity contribution is 5.96. The highest BCUT2D eigenvalue weighted by atomic mass is 16.2. The first-order valence-corrected chi connectivity index (χ1v) is 5.90. The van der Waals surface area contributed by atoms with E-state index in [2.05, 4.69) is 10.3 Å². The van der Waals surface area contributed by atoms with Gasteiger partial charge in [0.2, 0.25) is 5.91 Å². The van der Waals surface area contributed by atoms with E-state index < -0.39 is 5.54 Å². The van der Waals surface area contributed by atoms with E-state index in [1.54, 1.807) is 6.20 Å². The molecule has 1 aromatic heterocycles. The highest BCUT2D eigenvalue weighted by Crippen LogP contribution is 2.13. The Bertz CT molecular complexity index is 474. The second-order valence-electron chi connectivity index (χ2n) is 5.07. The predicted molar refractivity (Wildman–Crippen MR) is 63.2 cm³/mol. The maximum absolute atomic E-state index is 11.9. The summed E-state index contributed by atoms with van der Waals surface area (Å²) in [5, 5.41) is 7.77. The Kier molecular flexibility index (Phi) is 3.16. The van der Waals surface area contributed by atoms with Crippen LogP contribution in [-0.4, -0.2) is 38.3 Å². The molecule has 0 unspecified atom stereocenters. The number of aromatic nitrogens is 3. The molecule has 1 aromatic rings. The van der Waals surface area contributed by atoms with E-state index in [1.807, 2.05) is 13.8 Å². The van der Waals surface area contributed by atoms with Gasteiger partial charge < -0.3 is 5.73 Å². The minimum atomic E-state index is -0.592. The lowest BCUT2D eigenvalue weighted by molar-refractivity contribution is -0.142. The van der Waals surface area contributed by atoms with Crippen molar-refractivity contribution in [1.29, 1.82) is 0 Å². The van der Waals surface area contributed by atoms with E-state index >= 15 is 0 Å². The van der Waals surface area contributed by atoms with Crippen molar-refractivity contribution in [3.63, 3.8) is 0 Å². The molecule has 98 valence electrons. The maximum Gasteiger partial charge on any atom is 0.250 e. The molecule has 0 aliphatic carbocycles. The summed E-state index contributed by atoms with van der Waals surface area (Å²) in [6, 6.07) is 0. The molecule has 7 heteroatoms. The smallest absolute Gasteiger partial charge is 0.250 e. The summed E-state index contributed by atoms with van der Waals surface area (Å²) in [6.07, 6.45) is 2.83. The third-order valence-corrected chi connectivity index (χ3v) is 2.87. The second kappa shape index (κ2) is 4.49.